The third-order valence-electron chi connectivity index (χ3n) is 3.21. The molecule has 2 heterocycles. The lowest BCUT2D eigenvalue weighted by Crippen LogP contribution is -2.29. The number of hydrogen-bond acceptors (Lipinski definition) is 2. The minimum atomic E-state index is -0.289. The number of anilines is 1. The minimum absolute atomic E-state index is 0.232. The fraction of sp³-hybridized carbons (Fsp3) is 0.143. The largest absolute Gasteiger partial charge is 0.306 e. The summed E-state index contributed by atoms with van der Waals surface area (Å²) in [5.41, 5.74) is 1.84. The van der Waals surface area contributed by atoms with Crippen LogP contribution >= 0.6 is 27.5 Å². The fourth-order valence-electron chi connectivity index (χ4n) is 2.25. The maximum atomic E-state index is 13.2. The fourth-order valence-corrected chi connectivity index (χ4v) is 2.62. The molecule has 0 atom stereocenters. The Morgan fingerprint density at radius 1 is 1.40 bits per heavy atom. The van der Waals surface area contributed by atoms with Crippen molar-refractivity contribution >= 4 is 39.1 Å². The van der Waals surface area contributed by atoms with Crippen LogP contribution in [0.1, 0.15) is 16.1 Å². The van der Waals surface area contributed by atoms with Crippen LogP contribution in [-0.2, 0) is 6.42 Å². The number of carbonyl (C=O) groups excluding carboxylic acids is 1. The normalized spacial score (nSPS) is 13.4. The van der Waals surface area contributed by atoms with Crippen LogP contribution in [0, 0.1) is 5.82 Å². The summed E-state index contributed by atoms with van der Waals surface area (Å²) in [6, 6.07) is 5.96. The molecule has 0 saturated heterocycles. The number of pyridine rings is 1. The zero-order chi connectivity index (χ0) is 14.3. The number of benzene rings is 1. The van der Waals surface area contributed by atoms with Crippen LogP contribution in [0.15, 0.2) is 34.9 Å². The highest BCUT2D eigenvalue weighted by Gasteiger charge is 2.26. The van der Waals surface area contributed by atoms with Gasteiger partial charge in [0.15, 0.2) is 0 Å². The zero-order valence-electron chi connectivity index (χ0n) is 10.2. The van der Waals surface area contributed by atoms with E-state index >= 15 is 0 Å². The van der Waals surface area contributed by atoms with E-state index in [1.165, 1.54) is 24.4 Å². The smallest absolute Gasteiger partial charge is 0.276 e. The van der Waals surface area contributed by atoms with E-state index in [0.717, 1.165) is 11.3 Å². The highest BCUT2D eigenvalue weighted by atomic mass is 79.9. The topological polar surface area (TPSA) is 33.2 Å². The number of fused-ring (bicyclic) bond motifs is 1. The predicted molar refractivity (Wildman–Crippen MR) is 78.7 cm³/mol. The molecule has 0 N–H and O–H groups in total. The Morgan fingerprint density at radius 3 is 2.95 bits per heavy atom. The summed E-state index contributed by atoms with van der Waals surface area (Å²) >= 11 is 9.21. The van der Waals surface area contributed by atoms with Crippen molar-refractivity contribution < 1.29 is 9.18 Å². The molecule has 0 fully saturated rings. The van der Waals surface area contributed by atoms with Gasteiger partial charge in [0, 0.05) is 18.4 Å². The second-order valence-corrected chi connectivity index (χ2v) is 5.73. The summed E-state index contributed by atoms with van der Waals surface area (Å²) in [6.45, 7) is 0.521. The van der Waals surface area contributed by atoms with E-state index in [1.807, 2.05) is 0 Å². The summed E-state index contributed by atoms with van der Waals surface area (Å²) in [5.74, 6) is -0.521. The van der Waals surface area contributed by atoms with Crippen LogP contribution in [0.2, 0.25) is 5.02 Å². The SMILES string of the molecule is O=C(c1cc(Cl)c(Br)cn1)N1CCc2cc(F)ccc21. The van der Waals surface area contributed by atoms with Gasteiger partial charge in [-0.15, -0.1) is 0 Å². The van der Waals surface area contributed by atoms with Gasteiger partial charge in [-0.25, -0.2) is 9.37 Å². The van der Waals surface area contributed by atoms with Crippen LogP contribution < -0.4 is 4.90 Å². The van der Waals surface area contributed by atoms with E-state index in [-0.39, 0.29) is 17.4 Å². The quantitative estimate of drug-likeness (QED) is 0.779. The Morgan fingerprint density at radius 2 is 2.20 bits per heavy atom. The molecule has 1 aliphatic rings. The van der Waals surface area contributed by atoms with Gasteiger partial charge in [-0.2, -0.15) is 0 Å². The van der Waals surface area contributed by atoms with Crippen molar-refractivity contribution in [3.05, 3.63) is 57.0 Å². The number of halogens is 3. The highest BCUT2D eigenvalue weighted by molar-refractivity contribution is 9.10. The van der Waals surface area contributed by atoms with Gasteiger partial charge in [0.25, 0.3) is 5.91 Å². The van der Waals surface area contributed by atoms with Gasteiger partial charge in [-0.05, 0) is 52.2 Å². The number of carbonyl (C=O) groups is 1. The Kier molecular flexibility index (Phi) is 3.48. The molecule has 6 heteroatoms. The maximum Gasteiger partial charge on any atom is 0.276 e. The zero-order valence-corrected chi connectivity index (χ0v) is 12.6. The first-order valence-corrected chi connectivity index (χ1v) is 7.14. The summed E-state index contributed by atoms with van der Waals surface area (Å²) < 4.78 is 13.8. The van der Waals surface area contributed by atoms with E-state index in [0.29, 0.717) is 22.5 Å². The van der Waals surface area contributed by atoms with Crippen molar-refractivity contribution in [1.29, 1.82) is 0 Å². The number of rotatable bonds is 1. The van der Waals surface area contributed by atoms with Gasteiger partial charge < -0.3 is 4.90 Å². The predicted octanol–water partition coefficient (Wildman–Crippen LogP) is 3.84. The summed E-state index contributed by atoms with van der Waals surface area (Å²) in [6.07, 6.45) is 2.14. The average molecular weight is 356 g/mol. The molecule has 0 bridgehead atoms. The van der Waals surface area contributed by atoms with Crippen molar-refractivity contribution in [1.82, 2.24) is 4.98 Å². The first-order chi connectivity index (χ1) is 9.56. The second-order valence-electron chi connectivity index (χ2n) is 4.46. The number of hydrogen-bond donors (Lipinski definition) is 0. The molecule has 102 valence electrons. The molecule has 0 radical (unpaired) electrons. The van der Waals surface area contributed by atoms with Gasteiger partial charge in [0.1, 0.15) is 11.5 Å². The lowest BCUT2D eigenvalue weighted by molar-refractivity contribution is 0.0984. The number of amides is 1. The molecule has 0 unspecified atom stereocenters. The Labute approximate surface area is 128 Å². The molecule has 3 nitrogen and oxygen atoms in total. The maximum absolute atomic E-state index is 13.2. The minimum Gasteiger partial charge on any atom is -0.306 e. The molecule has 1 aromatic carbocycles. The molecule has 3 rings (SSSR count). The number of nitrogens with zero attached hydrogens (tertiary/aromatic N) is 2. The highest BCUT2D eigenvalue weighted by Crippen LogP contribution is 2.30. The molecule has 1 aliphatic heterocycles. The first kappa shape index (κ1) is 13.5. The van der Waals surface area contributed by atoms with Crippen LogP contribution in [0.25, 0.3) is 0 Å². The van der Waals surface area contributed by atoms with Gasteiger partial charge in [0.05, 0.1) is 9.50 Å². The van der Waals surface area contributed by atoms with Crippen LogP contribution in [0.3, 0.4) is 0 Å². The Hall–Kier alpha value is -1.46. The van der Waals surface area contributed by atoms with Crippen molar-refractivity contribution in [2.45, 2.75) is 6.42 Å². The summed E-state index contributed by atoms with van der Waals surface area (Å²) in [7, 11) is 0. The average Bonchev–Trinajstić information content (AvgIpc) is 2.84. The third-order valence-corrected chi connectivity index (χ3v) is 4.38. The van der Waals surface area contributed by atoms with Crippen LogP contribution in [-0.4, -0.2) is 17.4 Å². The second kappa shape index (κ2) is 5.14. The summed E-state index contributed by atoms with van der Waals surface area (Å²) in [4.78, 5) is 18.1. The molecule has 2 aromatic rings. The molecule has 1 aromatic heterocycles. The van der Waals surface area contributed by atoms with Gasteiger partial charge in [0.2, 0.25) is 0 Å². The molecular weight excluding hydrogens is 347 g/mol. The van der Waals surface area contributed by atoms with E-state index in [1.54, 1.807) is 11.0 Å². The van der Waals surface area contributed by atoms with Crippen LogP contribution in [0.5, 0.6) is 0 Å². The molecular formula is C14H9BrClFN2O. The van der Waals surface area contributed by atoms with E-state index < -0.39 is 0 Å². The van der Waals surface area contributed by atoms with Crippen molar-refractivity contribution in [2.24, 2.45) is 0 Å². The van der Waals surface area contributed by atoms with Gasteiger partial charge >= 0.3 is 0 Å². The lowest BCUT2D eigenvalue weighted by Gasteiger charge is -2.17. The third kappa shape index (κ3) is 2.31. The van der Waals surface area contributed by atoms with Crippen molar-refractivity contribution in [3.8, 4) is 0 Å². The molecule has 0 saturated carbocycles. The molecule has 1 amide bonds. The Balaban J connectivity index is 1.95. The van der Waals surface area contributed by atoms with Crippen molar-refractivity contribution in [3.63, 3.8) is 0 Å². The standard InChI is InChI=1S/C14H9BrClFN2O/c15-10-7-18-12(6-11(10)16)14(20)19-4-3-8-5-9(17)1-2-13(8)19/h1-2,5-7H,3-4H2. The van der Waals surface area contributed by atoms with E-state index in [2.05, 4.69) is 20.9 Å². The van der Waals surface area contributed by atoms with Gasteiger partial charge in [-0.1, -0.05) is 11.6 Å². The van der Waals surface area contributed by atoms with E-state index in [9.17, 15) is 9.18 Å². The molecule has 20 heavy (non-hydrogen) atoms. The molecule has 0 spiro atoms. The van der Waals surface area contributed by atoms with Gasteiger partial charge in [-0.3, -0.25) is 4.79 Å². The Bertz CT molecular complexity index is 708. The van der Waals surface area contributed by atoms with E-state index in [4.69, 9.17) is 11.6 Å². The molecule has 0 aliphatic carbocycles. The van der Waals surface area contributed by atoms with Crippen LogP contribution in [0.4, 0.5) is 10.1 Å². The van der Waals surface area contributed by atoms with Crippen molar-refractivity contribution in [2.75, 3.05) is 11.4 Å². The summed E-state index contributed by atoms with van der Waals surface area (Å²) in [5, 5.41) is 0.432. The lowest BCUT2D eigenvalue weighted by atomic mass is 10.1. The monoisotopic (exact) mass is 354 g/mol. The first-order valence-electron chi connectivity index (χ1n) is 5.97. The number of aromatic nitrogens is 1.